The number of halogens is 1. The predicted molar refractivity (Wildman–Crippen MR) is 50.5 cm³/mol. The molecule has 0 aliphatic carbocycles. The molecule has 6 heteroatoms. The van der Waals surface area contributed by atoms with Crippen LogP contribution in [0.5, 0.6) is 0 Å². The van der Waals surface area contributed by atoms with E-state index in [-0.39, 0.29) is 22.3 Å². The topological polar surface area (TPSA) is 79.3 Å². The van der Waals surface area contributed by atoms with Gasteiger partial charge >= 0.3 is 5.97 Å². The van der Waals surface area contributed by atoms with Gasteiger partial charge in [-0.1, -0.05) is 11.6 Å². The first kappa shape index (κ1) is 10.5. The van der Waals surface area contributed by atoms with Crippen molar-refractivity contribution in [2.45, 2.75) is 6.92 Å². The third-order valence-electron chi connectivity index (χ3n) is 1.40. The third-order valence-corrected chi connectivity index (χ3v) is 1.70. The number of hydrogen-bond acceptors (Lipinski definition) is 3. The lowest BCUT2D eigenvalue weighted by Gasteiger charge is -2.04. The minimum Gasteiger partial charge on any atom is -0.478 e. The van der Waals surface area contributed by atoms with E-state index in [4.69, 9.17) is 16.7 Å². The Labute approximate surface area is 84.7 Å². The maximum atomic E-state index is 10.7. The van der Waals surface area contributed by atoms with E-state index >= 15 is 0 Å². The zero-order valence-electron chi connectivity index (χ0n) is 7.24. The lowest BCUT2D eigenvalue weighted by Crippen LogP contribution is -2.08. The van der Waals surface area contributed by atoms with Gasteiger partial charge in [0, 0.05) is 13.1 Å². The molecule has 0 aromatic carbocycles. The van der Waals surface area contributed by atoms with Crippen LogP contribution < -0.4 is 5.32 Å². The zero-order chi connectivity index (χ0) is 10.7. The summed E-state index contributed by atoms with van der Waals surface area (Å²) in [6.07, 6.45) is 1.12. The van der Waals surface area contributed by atoms with Gasteiger partial charge in [-0.15, -0.1) is 0 Å². The van der Waals surface area contributed by atoms with Gasteiger partial charge in [-0.25, -0.2) is 9.78 Å². The fourth-order valence-corrected chi connectivity index (χ4v) is 0.993. The molecule has 0 atom stereocenters. The number of nitrogens with zero attached hydrogens (tertiary/aromatic N) is 1. The second-order valence-corrected chi connectivity index (χ2v) is 2.91. The number of aromatic nitrogens is 1. The van der Waals surface area contributed by atoms with E-state index in [0.717, 1.165) is 6.20 Å². The Hall–Kier alpha value is -1.62. The second kappa shape index (κ2) is 4.06. The van der Waals surface area contributed by atoms with Crippen LogP contribution in [0.15, 0.2) is 12.3 Å². The van der Waals surface area contributed by atoms with Gasteiger partial charge < -0.3 is 10.4 Å². The number of pyridine rings is 1. The molecule has 5 nitrogen and oxygen atoms in total. The van der Waals surface area contributed by atoms with E-state index in [1.807, 2.05) is 0 Å². The van der Waals surface area contributed by atoms with Crippen molar-refractivity contribution < 1.29 is 14.7 Å². The summed E-state index contributed by atoms with van der Waals surface area (Å²) in [4.78, 5) is 24.9. The van der Waals surface area contributed by atoms with E-state index in [1.54, 1.807) is 0 Å². The van der Waals surface area contributed by atoms with E-state index in [9.17, 15) is 9.59 Å². The number of rotatable bonds is 2. The van der Waals surface area contributed by atoms with Crippen LogP contribution in [0.1, 0.15) is 17.3 Å². The number of amides is 1. The molecule has 1 aromatic rings. The largest absolute Gasteiger partial charge is 0.478 e. The van der Waals surface area contributed by atoms with Crippen LogP contribution in [0.3, 0.4) is 0 Å². The Bertz CT molecular complexity index is 392. The maximum Gasteiger partial charge on any atom is 0.337 e. The van der Waals surface area contributed by atoms with Crippen molar-refractivity contribution in [3.8, 4) is 0 Å². The van der Waals surface area contributed by atoms with Gasteiger partial charge in [0.05, 0.1) is 11.3 Å². The highest BCUT2D eigenvalue weighted by molar-refractivity contribution is 6.32. The highest BCUT2D eigenvalue weighted by atomic mass is 35.5. The van der Waals surface area contributed by atoms with Crippen LogP contribution in [-0.2, 0) is 4.79 Å². The highest BCUT2D eigenvalue weighted by Gasteiger charge is 2.09. The second-order valence-electron chi connectivity index (χ2n) is 2.55. The SMILES string of the molecule is CC(=O)Nc1cc(C(=O)O)cnc1Cl. The van der Waals surface area contributed by atoms with Crippen molar-refractivity contribution in [1.29, 1.82) is 0 Å². The third kappa shape index (κ3) is 2.43. The molecule has 74 valence electrons. The van der Waals surface area contributed by atoms with E-state index in [1.165, 1.54) is 13.0 Å². The maximum absolute atomic E-state index is 10.7. The molecule has 0 radical (unpaired) electrons. The van der Waals surface area contributed by atoms with Crippen LogP contribution in [0, 0.1) is 0 Å². The van der Waals surface area contributed by atoms with E-state index in [2.05, 4.69) is 10.3 Å². The molecule has 1 aromatic heterocycles. The fraction of sp³-hybridized carbons (Fsp3) is 0.125. The van der Waals surface area contributed by atoms with Crippen LogP contribution in [-0.4, -0.2) is 22.0 Å². The molecule has 1 rings (SSSR count). The molecule has 0 saturated carbocycles. The number of nitrogens with one attached hydrogen (secondary N) is 1. The molecule has 1 heterocycles. The Morgan fingerprint density at radius 3 is 2.71 bits per heavy atom. The number of hydrogen-bond donors (Lipinski definition) is 2. The number of carbonyl (C=O) groups is 2. The first-order valence-corrected chi connectivity index (χ1v) is 4.05. The minimum atomic E-state index is -1.12. The number of carboxylic acids is 1. The van der Waals surface area contributed by atoms with Gasteiger partial charge in [0.15, 0.2) is 5.15 Å². The molecule has 1 amide bonds. The highest BCUT2D eigenvalue weighted by Crippen LogP contribution is 2.19. The summed E-state index contributed by atoms with van der Waals surface area (Å²) in [5.41, 5.74) is 0.164. The average molecular weight is 215 g/mol. The number of carbonyl (C=O) groups excluding carboxylic acids is 1. The van der Waals surface area contributed by atoms with Crippen LogP contribution >= 0.6 is 11.6 Å². The van der Waals surface area contributed by atoms with Crippen molar-refractivity contribution in [2.24, 2.45) is 0 Å². The van der Waals surface area contributed by atoms with Gasteiger partial charge in [-0.2, -0.15) is 0 Å². The minimum absolute atomic E-state index is 0.0295. The lowest BCUT2D eigenvalue weighted by molar-refractivity contribution is -0.114. The molecule has 0 aliphatic heterocycles. The Morgan fingerprint density at radius 2 is 2.21 bits per heavy atom. The molecular weight excluding hydrogens is 208 g/mol. The first-order chi connectivity index (χ1) is 6.50. The summed E-state index contributed by atoms with van der Waals surface area (Å²) in [6, 6.07) is 1.25. The number of carboxylic acid groups (broad SMARTS) is 1. The van der Waals surface area contributed by atoms with Crippen LogP contribution in [0.2, 0.25) is 5.15 Å². The van der Waals surface area contributed by atoms with Crippen molar-refractivity contribution in [2.75, 3.05) is 5.32 Å². The summed E-state index contributed by atoms with van der Waals surface area (Å²) in [7, 11) is 0. The molecule has 0 aliphatic rings. The first-order valence-electron chi connectivity index (χ1n) is 3.67. The van der Waals surface area contributed by atoms with Crippen LogP contribution in [0.25, 0.3) is 0 Å². The Balaban J connectivity index is 3.08. The van der Waals surface area contributed by atoms with E-state index in [0.29, 0.717) is 0 Å². The van der Waals surface area contributed by atoms with Gasteiger partial charge in [-0.05, 0) is 6.07 Å². The summed E-state index contributed by atoms with van der Waals surface area (Å²) in [5.74, 6) is -1.46. The molecule has 2 N–H and O–H groups in total. The molecule has 0 fully saturated rings. The molecule has 0 saturated heterocycles. The normalized spacial score (nSPS) is 9.57. The van der Waals surface area contributed by atoms with Gasteiger partial charge in [0.25, 0.3) is 0 Å². The summed E-state index contributed by atoms with van der Waals surface area (Å²) in [6.45, 7) is 1.30. The van der Waals surface area contributed by atoms with Crippen molar-refractivity contribution in [3.05, 3.63) is 23.0 Å². The molecule has 0 unspecified atom stereocenters. The monoisotopic (exact) mass is 214 g/mol. The van der Waals surface area contributed by atoms with E-state index < -0.39 is 5.97 Å². The average Bonchev–Trinajstić information content (AvgIpc) is 2.07. The smallest absolute Gasteiger partial charge is 0.337 e. The lowest BCUT2D eigenvalue weighted by atomic mass is 10.2. The van der Waals surface area contributed by atoms with Crippen LogP contribution in [0.4, 0.5) is 5.69 Å². The molecule has 0 spiro atoms. The Morgan fingerprint density at radius 1 is 1.57 bits per heavy atom. The molecule has 0 bridgehead atoms. The molecule has 14 heavy (non-hydrogen) atoms. The Kier molecular flexibility index (Phi) is 3.03. The molecular formula is C8H7ClN2O3. The zero-order valence-corrected chi connectivity index (χ0v) is 8.00. The number of anilines is 1. The van der Waals surface area contributed by atoms with Crippen molar-refractivity contribution >= 4 is 29.2 Å². The van der Waals surface area contributed by atoms with Crippen molar-refractivity contribution in [3.63, 3.8) is 0 Å². The standard InChI is InChI=1S/C8H7ClN2O3/c1-4(12)11-6-2-5(8(13)14)3-10-7(6)9/h2-3H,1H3,(H,11,12)(H,13,14). The quantitative estimate of drug-likeness (QED) is 0.730. The van der Waals surface area contributed by atoms with Crippen molar-refractivity contribution in [1.82, 2.24) is 4.98 Å². The number of aromatic carboxylic acids is 1. The summed E-state index contributed by atoms with van der Waals surface area (Å²) >= 11 is 5.63. The summed E-state index contributed by atoms with van der Waals surface area (Å²) in [5, 5.41) is 11.1. The van der Waals surface area contributed by atoms with Gasteiger partial charge in [0.2, 0.25) is 5.91 Å². The predicted octanol–water partition coefficient (Wildman–Crippen LogP) is 1.39. The fourth-order valence-electron chi connectivity index (χ4n) is 0.842. The van der Waals surface area contributed by atoms with Gasteiger partial charge in [-0.3, -0.25) is 4.79 Å². The summed E-state index contributed by atoms with van der Waals surface area (Å²) < 4.78 is 0. The van der Waals surface area contributed by atoms with Gasteiger partial charge in [0.1, 0.15) is 0 Å².